The molecule has 0 aliphatic heterocycles. The van der Waals surface area contributed by atoms with E-state index in [2.05, 4.69) is 19.1 Å². The number of carboxylic acid groups (broad SMARTS) is 1. The van der Waals surface area contributed by atoms with Crippen LogP contribution in [0.15, 0.2) is 84.9 Å². The van der Waals surface area contributed by atoms with E-state index in [1.54, 1.807) is 6.08 Å². The second-order valence-electron chi connectivity index (χ2n) is 9.15. The zero-order chi connectivity index (χ0) is 25.3. The van der Waals surface area contributed by atoms with Crippen molar-refractivity contribution in [2.45, 2.75) is 45.4 Å². The minimum Gasteiger partial charge on any atom is -0.478 e. The zero-order valence-corrected chi connectivity index (χ0v) is 20.7. The van der Waals surface area contributed by atoms with Crippen molar-refractivity contribution in [3.05, 3.63) is 107 Å². The molecule has 1 aliphatic carbocycles. The largest absolute Gasteiger partial charge is 0.478 e. The second-order valence-corrected chi connectivity index (χ2v) is 9.15. The summed E-state index contributed by atoms with van der Waals surface area (Å²) in [5, 5.41) is 8.92. The van der Waals surface area contributed by atoms with Gasteiger partial charge in [0.05, 0.1) is 5.92 Å². The Morgan fingerprint density at radius 3 is 2.03 bits per heavy atom. The van der Waals surface area contributed by atoms with Crippen LogP contribution in [0, 0.1) is 5.92 Å². The Balaban J connectivity index is 1.68. The third-order valence-electron chi connectivity index (χ3n) is 6.70. The van der Waals surface area contributed by atoms with Crippen LogP contribution < -0.4 is 4.74 Å². The van der Waals surface area contributed by atoms with Gasteiger partial charge in [0.25, 0.3) is 0 Å². The molecule has 3 aromatic carbocycles. The quantitative estimate of drug-likeness (QED) is 0.156. The number of carboxylic acids is 1. The van der Waals surface area contributed by atoms with Gasteiger partial charge in [-0.15, -0.1) is 0 Å². The van der Waals surface area contributed by atoms with Crippen LogP contribution in [0.1, 0.15) is 67.7 Å². The maximum Gasteiger partial charge on any atom is 0.328 e. The molecule has 1 N–H and O–H groups in total. The summed E-state index contributed by atoms with van der Waals surface area (Å²) in [5.41, 5.74) is 6.34. The molecule has 0 aromatic heterocycles. The first-order chi connectivity index (χ1) is 17.5. The molecule has 1 saturated carbocycles. The van der Waals surface area contributed by atoms with E-state index in [0.717, 1.165) is 66.0 Å². The van der Waals surface area contributed by atoms with Gasteiger partial charge in [-0.2, -0.15) is 0 Å². The third-order valence-corrected chi connectivity index (χ3v) is 6.70. The van der Waals surface area contributed by atoms with E-state index in [0.29, 0.717) is 5.75 Å². The first kappa shape index (κ1) is 25.2. The SMILES string of the molecule is CC/C(=C(\c1ccc(/C=C/C(=O)O)cc1)c1ccc(OC(=O)C2CCCCC2)cc1)c1ccccc1. The van der Waals surface area contributed by atoms with Gasteiger partial charge in [-0.3, -0.25) is 4.79 Å². The Morgan fingerprint density at radius 1 is 0.833 bits per heavy atom. The lowest BCUT2D eigenvalue weighted by atomic mass is 9.88. The molecule has 4 rings (SSSR count). The number of hydrogen-bond acceptors (Lipinski definition) is 3. The summed E-state index contributed by atoms with van der Waals surface area (Å²) in [7, 11) is 0. The highest BCUT2D eigenvalue weighted by Crippen LogP contribution is 2.35. The lowest BCUT2D eigenvalue weighted by molar-refractivity contribution is -0.140. The maximum absolute atomic E-state index is 12.6. The summed E-state index contributed by atoms with van der Waals surface area (Å²) in [4.78, 5) is 23.5. The Hall–Kier alpha value is -3.92. The van der Waals surface area contributed by atoms with E-state index < -0.39 is 5.97 Å². The fraction of sp³-hybridized carbons (Fsp3) is 0.250. The van der Waals surface area contributed by atoms with Crippen molar-refractivity contribution in [3.8, 4) is 5.75 Å². The minimum absolute atomic E-state index is 0.00680. The van der Waals surface area contributed by atoms with E-state index in [4.69, 9.17) is 9.84 Å². The summed E-state index contributed by atoms with van der Waals surface area (Å²) >= 11 is 0. The molecule has 4 heteroatoms. The molecule has 4 nitrogen and oxygen atoms in total. The van der Waals surface area contributed by atoms with Crippen LogP contribution in [0.25, 0.3) is 17.2 Å². The zero-order valence-electron chi connectivity index (χ0n) is 20.7. The molecule has 1 fully saturated rings. The lowest BCUT2D eigenvalue weighted by Crippen LogP contribution is -2.22. The van der Waals surface area contributed by atoms with Crippen LogP contribution in [0.5, 0.6) is 5.75 Å². The topological polar surface area (TPSA) is 63.6 Å². The van der Waals surface area contributed by atoms with Crippen molar-refractivity contribution < 1.29 is 19.4 Å². The highest BCUT2D eigenvalue weighted by molar-refractivity contribution is 5.98. The summed E-state index contributed by atoms with van der Waals surface area (Å²) < 4.78 is 5.72. The molecule has 0 heterocycles. The average Bonchev–Trinajstić information content (AvgIpc) is 2.92. The van der Waals surface area contributed by atoms with Crippen molar-refractivity contribution in [2.75, 3.05) is 0 Å². The van der Waals surface area contributed by atoms with Gasteiger partial charge >= 0.3 is 11.9 Å². The molecule has 0 spiro atoms. The van der Waals surface area contributed by atoms with E-state index in [1.807, 2.05) is 66.7 Å². The second kappa shape index (κ2) is 12.2. The van der Waals surface area contributed by atoms with Crippen LogP contribution >= 0.6 is 0 Å². The van der Waals surface area contributed by atoms with E-state index in [-0.39, 0.29) is 11.9 Å². The number of carbonyl (C=O) groups is 2. The van der Waals surface area contributed by atoms with E-state index in [9.17, 15) is 9.59 Å². The van der Waals surface area contributed by atoms with Gasteiger partial charge < -0.3 is 9.84 Å². The van der Waals surface area contributed by atoms with Crippen molar-refractivity contribution in [2.24, 2.45) is 5.92 Å². The standard InChI is InChI=1S/C32H32O4/c1-2-29(24-9-5-3-6-10-24)31(25-16-13-23(14-17-25)15-22-30(33)34)26-18-20-28(21-19-26)36-32(35)27-11-7-4-8-12-27/h3,5-6,9-10,13-22,27H,2,4,7-8,11-12H2,1H3,(H,33,34)/b22-15+,31-29-. The number of esters is 1. The summed E-state index contributed by atoms with van der Waals surface area (Å²) in [5.74, 6) is -0.518. The Morgan fingerprint density at radius 2 is 1.44 bits per heavy atom. The first-order valence-electron chi connectivity index (χ1n) is 12.7. The minimum atomic E-state index is -0.971. The van der Waals surface area contributed by atoms with Gasteiger partial charge in [0.15, 0.2) is 0 Å². The van der Waals surface area contributed by atoms with E-state index >= 15 is 0 Å². The van der Waals surface area contributed by atoms with Gasteiger partial charge in [0.1, 0.15) is 5.75 Å². The molecule has 36 heavy (non-hydrogen) atoms. The molecular formula is C32H32O4. The maximum atomic E-state index is 12.6. The fourth-order valence-corrected chi connectivity index (χ4v) is 4.84. The lowest BCUT2D eigenvalue weighted by Gasteiger charge is -2.20. The predicted molar refractivity (Wildman–Crippen MR) is 144 cm³/mol. The Bertz CT molecular complexity index is 1230. The number of hydrogen-bond donors (Lipinski definition) is 1. The smallest absolute Gasteiger partial charge is 0.328 e. The summed E-state index contributed by atoms with van der Waals surface area (Å²) in [6, 6.07) is 26.0. The van der Waals surface area contributed by atoms with Crippen LogP contribution in [0.2, 0.25) is 0 Å². The Labute approximate surface area is 213 Å². The number of allylic oxidation sites excluding steroid dienone is 1. The van der Waals surface area contributed by atoms with Gasteiger partial charge in [-0.05, 0) is 70.9 Å². The van der Waals surface area contributed by atoms with Crippen LogP contribution in [-0.2, 0) is 9.59 Å². The fourth-order valence-electron chi connectivity index (χ4n) is 4.84. The number of ether oxygens (including phenoxy) is 1. The predicted octanol–water partition coefficient (Wildman–Crippen LogP) is 7.64. The van der Waals surface area contributed by atoms with Crippen molar-refractivity contribution in [1.82, 2.24) is 0 Å². The number of benzene rings is 3. The molecule has 0 atom stereocenters. The van der Waals surface area contributed by atoms with Gasteiger partial charge in [-0.1, -0.05) is 92.9 Å². The van der Waals surface area contributed by atoms with Gasteiger partial charge in [-0.25, -0.2) is 4.79 Å². The van der Waals surface area contributed by atoms with Crippen molar-refractivity contribution >= 4 is 29.2 Å². The molecule has 0 saturated heterocycles. The Kier molecular flexibility index (Phi) is 8.51. The third kappa shape index (κ3) is 6.39. The average molecular weight is 481 g/mol. The highest BCUT2D eigenvalue weighted by atomic mass is 16.5. The summed E-state index contributed by atoms with van der Waals surface area (Å²) in [6.07, 6.45) is 8.78. The van der Waals surface area contributed by atoms with Crippen molar-refractivity contribution in [3.63, 3.8) is 0 Å². The molecule has 0 radical (unpaired) electrons. The first-order valence-corrected chi connectivity index (χ1v) is 12.7. The summed E-state index contributed by atoms with van der Waals surface area (Å²) in [6.45, 7) is 2.15. The van der Waals surface area contributed by atoms with Crippen molar-refractivity contribution in [1.29, 1.82) is 0 Å². The molecule has 1 aliphatic rings. The van der Waals surface area contributed by atoms with Crippen LogP contribution in [-0.4, -0.2) is 17.0 Å². The molecule has 184 valence electrons. The molecule has 0 amide bonds. The molecule has 0 bridgehead atoms. The highest BCUT2D eigenvalue weighted by Gasteiger charge is 2.23. The number of aliphatic carboxylic acids is 1. The molecule has 0 unspecified atom stereocenters. The van der Waals surface area contributed by atoms with Crippen LogP contribution in [0.3, 0.4) is 0 Å². The normalized spacial score (nSPS) is 14.9. The van der Waals surface area contributed by atoms with Crippen LogP contribution in [0.4, 0.5) is 0 Å². The number of carbonyl (C=O) groups excluding carboxylic acids is 1. The number of rotatable bonds is 8. The van der Waals surface area contributed by atoms with Gasteiger partial charge in [0, 0.05) is 6.08 Å². The molecular weight excluding hydrogens is 448 g/mol. The monoisotopic (exact) mass is 480 g/mol. The van der Waals surface area contributed by atoms with E-state index in [1.165, 1.54) is 12.0 Å². The molecule has 3 aromatic rings. The van der Waals surface area contributed by atoms with Gasteiger partial charge in [0.2, 0.25) is 0 Å².